The fourth-order valence-corrected chi connectivity index (χ4v) is 2.87. The lowest BCUT2D eigenvalue weighted by Gasteiger charge is -2.40. The molecule has 1 unspecified atom stereocenters. The summed E-state index contributed by atoms with van der Waals surface area (Å²) in [6.45, 7) is 2.10. The minimum atomic E-state index is 0.0913. The zero-order chi connectivity index (χ0) is 10.4. The fraction of sp³-hybridized carbons (Fsp3) is 0.545. The van der Waals surface area contributed by atoms with E-state index >= 15 is 0 Å². The lowest BCUT2D eigenvalue weighted by Crippen LogP contribution is -2.45. The highest BCUT2D eigenvalue weighted by atomic mass is 16.5. The Morgan fingerprint density at radius 2 is 2.13 bits per heavy atom. The molecule has 3 heterocycles. The number of hydrogen-bond donors (Lipinski definition) is 1. The summed E-state index contributed by atoms with van der Waals surface area (Å²) in [7, 11) is 0. The number of pyridine rings is 1. The summed E-state index contributed by atoms with van der Waals surface area (Å²) in [6.07, 6.45) is 1.10. The quantitative estimate of drug-likeness (QED) is 0.678. The molecular weight excluding hydrogens is 192 g/mol. The van der Waals surface area contributed by atoms with Gasteiger partial charge in [0.1, 0.15) is 0 Å². The molecule has 2 aliphatic rings. The molecule has 4 nitrogen and oxygen atoms in total. The van der Waals surface area contributed by atoms with Crippen molar-refractivity contribution in [3.05, 3.63) is 34.2 Å². The van der Waals surface area contributed by atoms with Gasteiger partial charge in [-0.25, -0.2) is 0 Å². The van der Waals surface area contributed by atoms with Gasteiger partial charge in [0.15, 0.2) is 0 Å². The van der Waals surface area contributed by atoms with E-state index in [4.69, 9.17) is 0 Å². The Morgan fingerprint density at radius 3 is 3.00 bits per heavy atom. The van der Waals surface area contributed by atoms with Crippen LogP contribution in [0.2, 0.25) is 0 Å². The second-order valence-electron chi connectivity index (χ2n) is 4.57. The van der Waals surface area contributed by atoms with Gasteiger partial charge in [-0.3, -0.25) is 4.79 Å². The van der Waals surface area contributed by atoms with Gasteiger partial charge >= 0.3 is 0 Å². The van der Waals surface area contributed by atoms with Gasteiger partial charge < -0.3 is 9.77 Å². The van der Waals surface area contributed by atoms with Gasteiger partial charge in [-0.2, -0.15) is 5.06 Å². The minimum Gasteiger partial charge on any atom is -0.314 e. The molecular formula is C11H14N2O2. The Labute approximate surface area is 87.7 Å². The smallest absolute Gasteiger partial charge is 0.250 e. The molecule has 4 heteroatoms. The van der Waals surface area contributed by atoms with Gasteiger partial charge in [-0.05, 0) is 18.4 Å². The molecule has 0 radical (unpaired) electrons. The number of fused-ring (bicyclic) bond motifs is 4. The van der Waals surface area contributed by atoms with E-state index in [-0.39, 0.29) is 5.56 Å². The van der Waals surface area contributed by atoms with Crippen LogP contribution in [0.15, 0.2) is 23.0 Å². The molecule has 15 heavy (non-hydrogen) atoms. The van der Waals surface area contributed by atoms with E-state index in [0.717, 1.165) is 18.7 Å². The van der Waals surface area contributed by atoms with E-state index in [1.165, 1.54) is 5.06 Å². The molecule has 3 rings (SSSR count). The van der Waals surface area contributed by atoms with Gasteiger partial charge in [0.25, 0.3) is 5.56 Å². The molecule has 2 atom stereocenters. The Kier molecular flexibility index (Phi) is 1.94. The lowest BCUT2D eigenvalue weighted by atomic mass is 9.84. The molecule has 1 saturated heterocycles. The van der Waals surface area contributed by atoms with Crippen molar-refractivity contribution in [3.8, 4) is 0 Å². The third-order valence-electron chi connectivity index (χ3n) is 3.46. The molecule has 1 fully saturated rings. The molecule has 1 aromatic rings. The Hall–Kier alpha value is -1.13. The van der Waals surface area contributed by atoms with E-state index in [0.29, 0.717) is 24.9 Å². The van der Waals surface area contributed by atoms with Crippen molar-refractivity contribution >= 4 is 0 Å². The van der Waals surface area contributed by atoms with Crippen molar-refractivity contribution in [2.75, 3.05) is 13.1 Å². The maximum absolute atomic E-state index is 11.7. The van der Waals surface area contributed by atoms with Crippen molar-refractivity contribution in [1.82, 2.24) is 9.63 Å². The standard InChI is InChI=1S/C11H14N2O2/c14-11-3-1-2-10-9-4-8(6-13(10)11)5-12(15)7-9/h1-3,8-9,15H,4-7H2/t8-,9?/m1/s1. The second-order valence-corrected chi connectivity index (χ2v) is 4.57. The number of hydroxylamine groups is 2. The highest BCUT2D eigenvalue weighted by Gasteiger charge is 2.33. The molecule has 2 aliphatic heterocycles. The normalized spacial score (nSPS) is 29.9. The molecule has 0 spiro atoms. The maximum Gasteiger partial charge on any atom is 0.250 e. The third-order valence-corrected chi connectivity index (χ3v) is 3.46. The van der Waals surface area contributed by atoms with E-state index in [1.807, 2.05) is 16.7 Å². The van der Waals surface area contributed by atoms with Crippen molar-refractivity contribution < 1.29 is 5.21 Å². The topological polar surface area (TPSA) is 45.5 Å². The number of nitrogens with zero attached hydrogens (tertiary/aromatic N) is 2. The molecule has 0 amide bonds. The van der Waals surface area contributed by atoms with Crippen LogP contribution in [-0.4, -0.2) is 27.9 Å². The molecule has 2 bridgehead atoms. The summed E-state index contributed by atoms with van der Waals surface area (Å²) >= 11 is 0. The van der Waals surface area contributed by atoms with Gasteiger partial charge in [0.2, 0.25) is 0 Å². The zero-order valence-electron chi connectivity index (χ0n) is 8.47. The van der Waals surface area contributed by atoms with E-state index in [9.17, 15) is 10.0 Å². The van der Waals surface area contributed by atoms with Crippen LogP contribution in [-0.2, 0) is 6.54 Å². The van der Waals surface area contributed by atoms with Crippen LogP contribution >= 0.6 is 0 Å². The molecule has 1 aromatic heterocycles. The molecule has 0 saturated carbocycles. The number of piperidine rings is 1. The first-order valence-corrected chi connectivity index (χ1v) is 5.37. The average Bonchev–Trinajstić information content (AvgIpc) is 2.19. The first-order chi connectivity index (χ1) is 7.24. The van der Waals surface area contributed by atoms with Crippen LogP contribution in [0.4, 0.5) is 0 Å². The third kappa shape index (κ3) is 1.41. The Bertz CT molecular complexity index is 440. The highest BCUT2D eigenvalue weighted by Crippen LogP contribution is 2.33. The number of rotatable bonds is 0. The van der Waals surface area contributed by atoms with Crippen molar-refractivity contribution in [3.63, 3.8) is 0 Å². The summed E-state index contributed by atoms with van der Waals surface area (Å²) in [6, 6.07) is 5.42. The first kappa shape index (κ1) is 9.12. The summed E-state index contributed by atoms with van der Waals surface area (Å²) < 4.78 is 1.87. The maximum atomic E-state index is 11.7. The van der Waals surface area contributed by atoms with E-state index < -0.39 is 0 Å². The Morgan fingerprint density at radius 1 is 1.27 bits per heavy atom. The molecule has 0 aliphatic carbocycles. The van der Waals surface area contributed by atoms with Gasteiger partial charge in [-0.1, -0.05) is 6.07 Å². The van der Waals surface area contributed by atoms with Crippen molar-refractivity contribution in [2.45, 2.75) is 18.9 Å². The van der Waals surface area contributed by atoms with Crippen molar-refractivity contribution in [2.24, 2.45) is 5.92 Å². The summed E-state index contributed by atoms with van der Waals surface area (Å²) in [5, 5.41) is 10.9. The number of hydrogen-bond acceptors (Lipinski definition) is 3. The van der Waals surface area contributed by atoms with Crippen LogP contribution in [0, 0.1) is 5.92 Å². The van der Waals surface area contributed by atoms with Gasteiger partial charge in [0, 0.05) is 37.3 Å². The van der Waals surface area contributed by atoms with Gasteiger partial charge in [0.05, 0.1) is 0 Å². The van der Waals surface area contributed by atoms with Crippen LogP contribution in [0.3, 0.4) is 0 Å². The predicted octanol–water partition coefficient (Wildman–Crippen LogP) is 0.657. The van der Waals surface area contributed by atoms with Gasteiger partial charge in [-0.15, -0.1) is 0 Å². The largest absolute Gasteiger partial charge is 0.314 e. The zero-order valence-corrected chi connectivity index (χ0v) is 8.47. The van der Waals surface area contributed by atoms with Crippen LogP contribution in [0.1, 0.15) is 18.0 Å². The van der Waals surface area contributed by atoms with Crippen LogP contribution < -0.4 is 5.56 Å². The first-order valence-electron chi connectivity index (χ1n) is 5.37. The predicted molar refractivity (Wildman–Crippen MR) is 54.9 cm³/mol. The summed E-state index contributed by atoms with van der Waals surface area (Å²) in [5.41, 5.74) is 1.17. The SMILES string of the molecule is O=c1cccc2n1C[C@@H]1CC2CN(O)C1. The van der Waals surface area contributed by atoms with E-state index in [1.54, 1.807) is 6.07 Å². The van der Waals surface area contributed by atoms with Crippen molar-refractivity contribution in [1.29, 1.82) is 0 Å². The molecule has 80 valence electrons. The van der Waals surface area contributed by atoms with E-state index in [2.05, 4.69) is 0 Å². The van der Waals surface area contributed by atoms with Crippen LogP contribution in [0.25, 0.3) is 0 Å². The minimum absolute atomic E-state index is 0.0913. The summed E-state index contributed by atoms with van der Waals surface area (Å²) in [5.74, 6) is 0.734. The molecule has 1 N–H and O–H groups in total. The lowest BCUT2D eigenvalue weighted by molar-refractivity contribution is -0.129. The monoisotopic (exact) mass is 206 g/mol. The Balaban J connectivity index is 2.10. The molecule has 0 aromatic carbocycles. The number of aromatic nitrogens is 1. The second kappa shape index (κ2) is 3.18. The highest BCUT2D eigenvalue weighted by molar-refractivity contribution is 5.16. The summed E-state index contributed by atoms with van der Waals surface area (Å²) in [4.78, 5) is 11.7. The fourth-order valence-electron chi connectivity index (χ4n) is 2.87. The van der Waals surface area contributed by atoms with Crippen LogP contribution in [0.5, 0.6) is 0 Å². The average molecular weight is 206 g/mol.